The summed E-state index contributed by atoms with van der Waals surface area (Å²) in [6.07, 6.45) is 3.61. The number of nitrogens with one attached hydrogen (secondary N) is 2. The van der Waals surface area contributed by atoms with Gasteiger partial charge in [-0.15, -0.1) is 0 Å². The van der Waals surface area contributed by atoms with Gasteiger partial charge in [0, 0.05) is 17.3 Å². The van der Waals surface area contributed by atoms with Gasteiger partial charge in [-0.05, 0) is 48.6 Å². The van der Waals surface area contributed by atoms with E-state index < -0.39 is 17.4 Å². The summed E-state index contributed by atoms with van der Waals surface area (Å²) in [6, 6.07) is 14.8. The van der Waals surface area contributed by atoms with E-state index >= 15 is 0 Å². The third-order valence-corrected chi connectivity index (χ3v) is 7.50. The molecule has 2 saturated heterocycles. The second-order valence-electron chi connectivity index (χ2n) is 8.38. The highest BCUT2D eigenvalue weighted by atomic mass is 32.2. The molecular weight excluding hydrogens is 410 g/mol. The molecule has 6 nitrogen and oxygen atoms in total. The zero-order valence-corrected chi connectivity index (χ0v) is 18.4. The van der Waals surface area contributed by atoms with Gasteiger partial charge >= 0.3 is 0 Å². The van der Waals surface area contributed by atoms with Gasteiger partial charge in [0.2, 0.25) is 17.7 Å². The van der Waals surface area contributed by atoms with E-state index in [0.29, 0.717) is 17.8 Å². The van der Waals surface area contributed by atoms with Crippen LogP contribution < -0.4 is 15.5 Å². The van der Waals surface area contributed by atoms with E-state index in [9.17, 15) is 14.4 Å². The Labute approximate surface area is 185 Å². The van der Waals surface area contributed by atoms with Crippen LogP contribution >= 0.6 is 11.8 Å². The maximum atomic E-state index is 13.8. The van der Waals surface area contributed by atoms with E-state index in [1.165, 1.54) is 4.90 Å². The fourth-order valence-electron chi connectivity index (χ4n) is 5.39. The quantitative estimate of drug-likeness (QED) is 0.706. The third kappa shape index (κ3) is 2.79. The summed E-state index contributed by atoms with van der Waals surface area (Å²) < 4.78 is 0. The largest absolute Gasteiger partial charge is 0.324 e. The Morgan fingerprint density at radius 2 is 1.77 bits per heavy atom. The number of anilines is 2. The van der Waals surface area contributed by atoms with Crippen LogP contribution in [-0.2, 0) is 26.3 Å². The van der Waals surface area contributed by atoms with Crippen LogP contribution in [0.3, 0.4) is 0 Å². The molecule has 2 aromatic rings. The molecule has 7 heteroatoms. The van der Waals surface area contributed by atoms with Crippen molar-refractivity contribution in [3.05, 3.63) is 59.7 Å². The van der Waals surface area contributed by atoms with Gasteiger partial charge in [0.05, 0.1) is 17.5 Å². The first-order valence-corrected chi connectivity index (χ1v) is 12.1. The fourth-order valence-corrected chi connectivity index (χ4v) is 5.88. The summed E-state index contributed by atoms with van der Waals surface area (Å²) in [4.78, 5) is 42.0. The van der Waals surface area contributed by atoms with Crippen LogP contribution in [-0.4, -0.2) is 35.8 Å². The normalized spacial score (nSPS) is 28.9. The van der Waals surface area contributed by atoms with Crippen molar-refractivity contribution in [1.29, 1.82) is 0 Å². The number of benzene rings is 2. The predicted molar refractivity (Wildman–Crippen MR) is 122 cm³/mol. The van der Waals surface area contributed by atoms with E-state index in [-0.39, 0.29) is 23.8 Å². The Hall–Kier alpha value is -2.64. The van der Waals surface area contributed by atoms with Gasteiger partial charge < -0.3 is 5.32 Å². The number of aryl methyl sites for hydroxylation is 1. The van der Waals surface area contributed by atoms with Crippen LogP contribution in [0.15, 0.2) is 48.5 Å². The molecule has 160 valence electrons. The van der Waals surface area contributed by atoms with Crippen molar-refractivity contribution < 1.29 is 14.4 Å². The highest BCUT2D eigenvalue weighted by Gasteiger charge is 2.70. The molecule has 0 radical (unpaired) electrons. The molecular formula is C24H25N3O3S. The minimum atomic E-state index is -1.21. The smallest absolute Gasteiger partial charge is 0.250 e. The molecule has 3 aliphatic heterocycles. The van der Waals surface area contributed by atoms with Crippen molar-refractivity contribution >= 4 is 40.9 Å². The maximum absolute atomic E-state index is 13.8. The van der Waals surface area contributed by atoms with Crippen LogP contribution in [0.2, 0.25) is 0 Å². The van der Waals surface area contributed by atoms with Crippen LogP contribution in [0.1, 0.15) is 24.5 Å². The van der Waals surface area contributed by atoms with Gasteiger partial charge in [-0.3, -0.25) is 19.7 Å². The lowest BCUT2D eigenvalue weighted by Gasteiger charge is -2.29. The third-order valence-electron chi connectivity index (χ3n) is 6.86. The zero-order valence-electron chi connectivity index (χ0n) is 17.6. The minimum Gasteiger partial charge on any atom is -0.324 e. The predicted octanol–water partition coefficient (Wildman–Crippen LogP) is 2.93. The number of nitrogens with zero attached hydrogens (tertiary/aromatic N) is 1. The number of carbonyl (C=O) groups is 3. The lowest BCUT2D eigenvalue weighted by molar-refractivity contribution is -0.130. The minimum absolute atomic E-state index is 0.216. The van der Waals surface area contributed by atoms with Gasteiger partial charge in [0.25, 0.3) is 0 Å². The first kappa shape index (κ1) is 20.3. The number of para-hydroxylation sites is 1. The molecule has 5 rings (SSSR count). The molecule has 2 fully saturated rings. The number of amides is 3. The number of rotatable bonds is 5. The number of imide groups is 1. The summed E-state index contributed by atoms with van der Waals surface area (Å²) in [5.74, 6) is -1.26. The number of fused-ring (bicyclic) bond motifs is 4. The number of thioether (sulfide) groups is 1. The highest BCUT2D eigenvalue weighted by Crippen LogP contribution is 2.53. The SMILES string of the molecule is CCc1ccc(N2C(=O)C3C(CCSC)NC4(C(=O)Nc5ccccc54)C3C2=O)cc1. The molecule has 1 spiro atoms. The van der Waals surface area contributed by atoms with E-state index in [1.807, 2.05) is 54.8 Å². The Kier molecular flexibility index (Phi) is 4.90. The highest BCUT2D eigenvalue weighted by molar-refractivity contribution is 7.98. The molecule has 4 unspecified atom stereocenters. The maximum Gasteiger partial charge on any atom is 0.250 e. The molecule has 0 bridgehead atoms. The average Bonchev–Trinajstić information content (AvgIpc) is 3.37. The molecule has 3 aliphatic rings. The molecule has 4 atom stereocenters. The number of hydrogen-bond donors (Lipinski definition) is 2. The Morgan fingerprint density at radius 3 is 2.48 bits per heavy atom. The summed E-state index contributed by atoms with van der Waals surface area (Å²) in [6.45, 7) is 2.06. The molecule has 2 aromatic carbocycles. The van der Waals surface area contributed by atoms with E-state index in [0.717, 1.165) is 23.3 Å². The topological polar surface area (TPSA) is 78.5 Å². The lowest BCUT2D eigenvalue weighted by Crippen LogP contribution is -2.53. The van der Waals surface area contributed by atoms with Gasteiger partial charge in [0.15, 0.2) is 0 Å². The molecule has 0 saturated carbocycles. The summed E-state index contributed by atoms with van der Waals surface area (Å²) in [7, 11) is 0. The average molecular weight is 436 g/mol. The Morgan fingerprint density at radius 1 is 1.03 bits per heavy atom. The van der Waals surface area contributed by atoms with Crippen LogP contribution in [0, 0.1) is 11.8 Å². The number of carbonyl (C=O) groups excluding carboxylic acids is 3. The van der Waals surface area contributed by atoms with Crippen LogP contribution in [0.25, 0.3) is 0 Å². The van der Waals surface area contributed by atoms with Crippen molar-refractivity contribution in [3.8, 4) is 0 Å². The van der Waals surface area contributed by atoms with Crippen molar-refractivity contribution in [2.45, 2.75) is 31.3 Å². The molecule has 2 N–H and O–H groups in total. The zero-order chi connectivity index (χ0) is 21.8. The second kappa shape index (κ2) is 7.50. The molecule has 3 amide bonds. The van der Waals surface area contributed by atoms with Crippen LogP contribution in [0.4, 0.5) is 11.4 Å². The van der Waals surface area contributed by atoms with E-state index in [2.05, 4.69) is 17.6 Å². The fraction of sp³-hybridized carbons (Fsp3) is 0.375. The summed E-state index contributed by atoms with van der Waals surface area (Å²) >= 11 is 1.69. The van der Waals surface area contributed by atoms with Gasteiger partial charge in [-0.2, -0.15) is 11.8 Å². The van der Waals surface area contributed by atoms with Crippen molar-refractivity contribution in [2.24, 2.45) is 11.8 Å². The first-order chi connectivity index (χ1) is 15.0. The molecule has 0 aliphatic carbocycles. The summed E-state index contributed by atoms with van der Waals surface area (Å²) in [5, 5.41) is 6.40. The van der Waals surface area contributed by atoms with E-state index in [4.69, 9.17) is 0 Å². The molecule has 3 heterocycles. The Balaban J connectivity index is 1.62. The van der Waals surface area contributed by atoms with Crippen molar-refractivity contribution in [2.75, 3.05) is 22.2 Å². The summed E-state index contributed by atoms with van der Waals surface area (Å²) in [5.41, 5.74) is 1.96. The van der Waals surface area contributed by atoms with Crippen molar-refractivity contribution in [1.82, 2.24) is 5.32 Å². The molecule has 31 heavy (non-hydrogen) atoms. The standard InChI is InChI=1S/C24H25N3O3S/c1-3-14-8-10-15(11-9-14)27-21(28)19-18(12-13-31-2)26-24(20(19)22(27)29)16-6-4-5-7-17(16)25-23(24)30/h4-11,18-20,26H,3,12-13H2,1-2H3,(H,25,30). The monoisotopic (exact) mass is 435 g/mol. The van der Waals surface area contributed by atoms with Gasteiger partial charge in [-0.1, -0.05) is 37.3 Å². The second-order valence-corrected chi connectivity index (χ2v) is 9.36. The van der Waals surface area contributed by atoms with Crippen molar-refractivity contribution in [3.63, 3.8) is 0 Å². The van der Waals surface area contributed by atoms with E-state index in [1.54, 1.807) is 11.8 Å². The Bertz CT molecular complexity index is 1070. The first-order valence-electron chi connectivity index (χ1n) is 10.7. The van der Waals surface area contributed by atoms with Gasteiger partial charge in [0.1, 0.15) is 5.54 Å². The number of hydrogen-bond acceptors (Lipinski definition) is 5. The molecule has 0 aromatic heterocycles. The van der Waals surface area contributed by atoms with Gasteiger partial charge in [-0.25, -0.2) is 4.90 Å². The van der Waals surface area contributed by atoms with Crippen LogP contribution in [0.5, 0.6) is 0 Å². The lowest BCUT2D eigenvalue weighted by atomic mass is 9.76.